The number of thioether (sulfide) groups is 1. The molecule has 0 aliphatic heterocycles. The Morgan fingerprint density at radius 2 is 1.96 bits per heavy atom. The predicted octanol–water partition coefficient (Wildman–Crippen LogP) is 3.17. The van der Waals surface area contributed by atoms with E-state index < -0.39 is 10.9 Å². The van der Waals surface area contributed by atoms with E-state index in [0.29, 0.717) is 11.8 Å². The molecule has 1 saturated carbocycles. The quantitative estimate of drug-likeness (QED) is 0.338. The van der Waals surface area contributed by atoms with Crippen molar-refractivity contribution in [2.75, 3.05) is 12.4 Å². The van der Waals surface area contributed by atoms with Gasteiger partial charge in [-0.15, -0.1) is 11.8 Å². The van der Waals surface area contributed by atoms with E-state index in [4.69, 9.17) is 4.74 Å². The fourth-order valence-corrected chi connectivity index (χ4v) is 3.72. The van der Waals surface area contributed by atoms with Crippen molar-refractivity contribution in [1.82, 2.24) is 5.32 Å². The SMILES string of the molecule is C[C@@H]1[C@@H](C)CCC[C@H]1NC(=O)COC(=O)CSc1ccc([N+](=O)[O-])cc1. The second kappa shape index (κ2) is 9.56. The van der Waals surface area contributed by atoms with Crippen LogP contribution >= 0.6 is 11.8 Å². The fourth-order valence-electron chi connectivity index (χ4n) is 3.03. The van der Waals surface area contributed by atoms with E-state index in [1.54, 1.807) is 12.1 Å². The van der Waals surface area contributed by atoms with Crippen LogP contribution in [-0.2, 0) is 14.3 Å². The van der Waals surface area contributed by atoms with Gasteiger partial charge in [-0.3, -0.25) is 19.7 Å². The number of hydrogen-bond donors (Lipinski definition) is 1. The van der Waals surface area contributed by atoms with Gasteiger partial charge in [-0.25, -0.2) is 0 Å². The monoisotopic (exact) mass is 380 g/mol. The van der Waals surface area contributed by atoms with Crippen molar-refractivity contribution in [1.29, 1.82) is 0 Å². The fraction of sp³-hybridized carbons (Fsp3) is 0.556. The molecular formula is C18H24N2O5S. The van der Waals surface area contributed by atoms with E-state index in [-0.39, 0.29) is 30.0 Å². The Morgan fingerprint density at radius 1 is 1.27 bits per heavy atom. The molecule has 142 valence electrons. The maximum Gasteiger partial charge on any atom is 0.316 e. The smallest absolute Gasteiger partial charge is 0.316 e. The van der Waals surface area contributed by atoms with Gasteiger partial charge in [-0.1, -0.05) is 26.7 Å². The second-order valence-corrected chi connectivity index (χ2v) is 7.69. The highest BCUT2D eigenvalue weighted by molar-refractivity contribution is 8.00. The first-order valence-electron chi connectivity index (χ1n) is 8.69. The topological polar surface area (TPSA) is 98.5 Å². The second-order valence-electron chi connectivity index (χ2n) is 6.64. The third-order valence-electron chi connectivity index (χ3n) is 4.82. The number of esters is 1. The zero-order valence-electron chi connectivity index (χ0n) is 15.0. The standard InChI is InChI=1S/C18H24N2O5S/c1-12-4-3-5-16(13(12)2)19-17(21)10-25-18(22)11-26-15-8-6-14(7-9-15)20(23)24/h6-9,12-13,16H,3-5,10-11H2,1-2H3,(H,19,21)/t12-,13+,16+/m0/s1. The number of ether oxygens (including phenoxy) is 1. The van der Waals surface area contributed by atoms with Crippen molar-refractivity contribution in [3.63, 3.8) is 0 Å². The summed E-state index contributed by atoms with van der Waals surface area (Å²) in [6.07, 6.45) is 3.24. The normalized spacial score (nSPS) is 22.5. The minimum Gasteiger partial charge on any atom is -0.455 e. The molecule has 3 atom stereocenters. The first-order valence-corrected chi connectivity index (χ1v) is 9.67. The molecule has 0 aromatic heterocycles. The lowest BCUT2D eigenvalue weighted by Gasteiger charge is -2.34. The number of nitrogens with one attached hydrogen (secondary N) is 1. The lowest BCUT2D eigenvalue weighted by atomic mass is 9.78. The van der Waals surface area contributed by atoms with Crippen LogP contribution in [-0.4, -0.2) is 35.2 Å². The molecule has 2 rings (SSSR count). The van der Waals surface area contributed by atoms with Gasteiger partial charge in [0.25, 0.3) is 11.6 Å². The Morgan fingerprint density at radius 3 is 2.62 bits per heavy atom. The summed E-state index contributed by atoms with van der Waals surface area (Å²) in [5, 5.41) is 13.6. The molecule has 0 unspecified atom stereocenters. The molecule has 1 aliphatic carbocycles. The molecule has 1 N–H and O–H groups in total. The van der Waals surface area contributed by atoms with Gasteiger partial charge in [0.1, 0.15) is 0 Å². The molecule has 1 aromatic rings. The van der Waals surface area contributed by atoms with Gasteiger partial charge in [0.05, 0.1) is 10.7 Å². The summed E-state index contributed by atoms with van der Waals surface area (Å²) in [4.78, 5) is 34.6. The molecule has 0 bridgehead atoms. The number of carbonyl (C=O) groups excluding carboxylic acids is 2. The van der Waals surface area contributed by atoms with Crippen molar-refractivity contribution in [3.05, 3.63) is 34.4 Å². The largest absolute Gasteiger partial charge is 0.455 e. The summed E-state index contributed by atoms with van der Waals surface area (Å²) in [5.41, 5.74) is -0.000132. The van der Waals surface area contributed by atoms with E-state index in [9.17, 15) is 19.7 Å². The van der Waals surface area contributed by atoms with Crippen LogP contribution in [0.2, 0.25) is 0 Å². The number of rotatable bonds is 7. The van der Waals surface area contributed by atoms with Gasteiger partial charge in [-0.2, -0.15) is 0 Å². The lowest BCUT2D eigenvalue weighted by Crippen LogP contribution is -2.45. The van der Waals surface area contributed by atoms with Crippen LogP contribution < -0.4 is 5.32 Å². The first kappa shape index (κ1) is 20.2. The average molecular weight is 380 g/mol. The Kier molecular flexibility index (Phi) is 7.44. The average Bonchev–Trinajstić information content (AvgIpc) is 2.62. The molecule has 0 spiro atoms. The van der Waals surface area contributed by atoms with Crippen LogP contribution in [0.4, 0.5) is 5.69 Å². The molecule has 1 amide bonds. The maximum atomic E-state index is 12.0. The number of carbonyl (C=O) groups is 2. The van der Waals surface area contributed by atoms with Crippen LogP contribution in [0.1, 0.15) is 33.1 Å². The summed E-state index contributed by atoms with van der Waals surface area (Å²) in [5.74, 6) is 0.274. The van der Waals surface area contributed by atoms with Gasteiger partial charge in [-0.05, 0) is 30.4 Å². The molecule has 0 heterocycles. The van der Waals surface area contributed by atoms with Gasteiger partial charge in [0, 0.05) is 23.1 Å². The lowest BCUT2D eigenvalue weighted by molar-refractivity contribution is -0.384. The predicted molar refractivity (Wildman–Crippen MR) is 98.9 cm³/mol. The molecular weight excluding hydrogens is 356 g/mol. The number of hydrogen-bond acceptors (Lipinski definition) is 6. The Hall–Kier alpha value is -2.09. The molecule has 7 nitrogen and oxygen atoms in total. The van der Waals surface area contributed by atoms with Crippen molar-refractivity contribution in [2.45, 2.75) is 44.0 Å². The van der Waals surface area contributed by atoms with E-state index >= 15 is 0 Å². The van der Waals surface area contributed by atoms with Crippen LogP contribution in [0.25, 0.3) is 0 Å². The third kappa shape index (κ3) is 6.01. The van der Waals surface area contributed by atoms with Crippen molar-refractivity contribution in [2.24, 2.45) is 11.8 Å². The zero-order chi connectivity index (χ0) is 19.1. The third-order valence-corrected chi connectivity index (χ3v) is 5.81. The highest BCUT2D eigenvalue weighted by atomic mass is 32.2. The van der Waals surface area contributed by atoms with E-state index in [0.717, 1.165) is 17.7 Å². The molecule has 1 aliphatic rings. The number of nitro benzene ring substituents is 1. The Bertz CT molecular complexity index is 649. The first-order chi connectivity index (χ1) is 12.4. The number of amides is 1. The highest BCUT2D eigenvalue weighted by Crippen LogP contribution is 2.29. The summed E-state index contributed by atoms with van der Waals surface area (Å²) < 4.78 is 5.01. The van der Waals surface area contributed by atoms with E-state index in [1.807, 2.05) is 0 Å². The minimum atomic E-state index is -0.492. The van der Waals surface area contributed by atoms with Crippen molar-refractivity contribution >= 4 is 29.3 Å². The van der Waals surface area contributed by atoms with E-state index in [1.165, 1.54) is 30.3 Å². The van der Waals surface area contributed by atoms with Gasteiger partial charge < -0.3 is 10.1 Å². The molecule has 1 fully saturated rings. The van der Waals surface area contributed by atoms with Gasteiger partial charge >= 0.3 is 5.97 Å². The van der Waals surface area contributed by atoms with Crippen LogP contribution in [0, 0.1) is 22.0 Å². The van der Waals surface area contributed by atoms with Gasteiger partial charge in [0.15, 0.2) is 6.61 Å². The summed E-state index contributed by atoms with van der Waals surface area (Å²) in [6, 6.07) is 6.06. The van der Waals surface area contributed by atoms with Crippen LogP contribution in [0.15, 0.2) is 29.2 Å². The Balaban J connectivity index is 1.69. The van der Waals surface area contributed by atoms with Crippen LogP contribution in [0.5, 0.6) is 0 Å². The number of nitro groups is 1. The molecule has 8 heteroatoms. The molecule has 26 heavy (non-hydrogen) atoms. The van der Waals surface area contributed by atoms with Crippen molar-refractivity contribution < 1.29 is 19.2 Å². The molecule has 0 radical (unpaired) electrons. The van der Waals surface area contributed by atoms with Crippen molar-refractivity contribution in [3.8, 4) is 0 Å². The van der Waals surface area contributed by atoms with E-state index in [2.05, 4.69) is 19.2 Å². The molecule has 1 aromatic carbocycles. The van der Waals surface area contributed by atoms with Crippen LogP contribution in [0.3, 0.4) is 0 Å². The minimum absolute atomic E-state index is 0.000132. The molecule has 0 saturated heterocycles. The number of non-ortho nitro benzene ring substituents is 1. The summed E-state index contributed by atoms with van der Waals surface area (Å²) in [6.45, 7) is 4.05. The zero-order valence-corrected chi connectivity index (χ0v) is 15.8. The number of benzene rings is 1. The Labute approximate surface area is 157 Å². The number of nitrogens with zero attached hydrogens (tertiary/aromatic N) is 1. The summed E-state index contributed by atoms with van der Waals surface area (Å²) >= 11 is 1.21. The highest BCUT2D eigenvalue weighted by Gasteiger charge is 2.28. The van der Waals surface area contributed by atoms with Gasteiger partial charge in [0.2, 0.25) is 0 Å². The maximum absolute atomic E-state index is 12.0. The summed E-state index contributed by atoms with van der Waals surface area (Å²) in [7, 11) is 0.